The first-order chi connectivity index (χ1) is 9.35. The third-order valence-electron chi connectivity index (χ3n) is 3.16. The summed E-state index contributed by atoms with van der Waals surface area (Å²) >= 11 is 1.82. The van der Waals surface area contributed by atoms with Gasteiger partial charge in [0.15, 0.2) is 0 Å². The molecule has 0 spiro atoms. The molecule has 0 aliphatic heterocycles. The molecule has 0 atom stereocenters. The summed E-state index contributed by atoms with van der Waals surface area (Å²) in [6.07, 6.45) is 9.86. The molecule has 2 heteroatoms. The molecule has 0 bridgehead atoms. The van der Waals surface area contributed by atoms with Crippen LogP contribution in [0.5, 0.6) is 0 Å². The van der Waals surface area contributed by atoms with Crippen LogP contribution in [0.4, 0.5) is 0 Å². The van der Waals surface area contributed by atoms with E-state index in [1.807, 2.05) is 17.8 Å². The predicted octanol–water partition coefficient (Wildman–Crippen LogP) is 5.11. The van der Waals surface area contributed by atoms with Crippen LogP contribution in [0.3, 0.4) is 0 Å². The van der Waals surface area contributed by atoms with Gasteiger partial charge in [-0.25, -0.2) is 0 Å². The Labute approximate surface area is 120 Å². The zero-order valence-corrected chi connectivity index (χ0v) is 12.5. The van der Waals surface area contributed by atoms with Crippen molar-refractivity contribution in [3.8, 4) is 0 Å². The van der Waals surface area contributed by atoms with Gasteiger partial charge in [0.1, 0.15) is 12.4 Å². The summed E-state index contributed by atoms with van der Waals surface area (Å²) in [7, 11) is 0. The van der Waals surface area contributed by atoms with Crippen molar-refractivity contribution < 1.29 is 4.74 Å². The van der Waals surface area contributed by atoms with Crippen LogP contribution in [0, 0.1) is 6.42 Å². The average Bonchev–Trinajstić information content (AvgIpc) is 2.47. The van der Waals surface area contributed by atoms with Gasteiger partial charge in [-0.3, -0.25) is 0 Å². The van der Waals surface area contributed by atoms with E-state index >= 15 is 0 Å². The SMILES string of the molecule is CCCC1=C(SC)[CH]CC=C1OCc1ccccc1. The van der Waals surface area contributed by atoms with Crippen molar-refractivity contribution in [2.45, 2.75) is 32.8 Å². The molecule has 2 rings (SSSR count). The van der Waals surface area contributed by atoms with E-state index in [0.717, 1.165) is 25.0 Å². The number of benzene rings is 1. The van der Waals surface area contributed by atoms with Crippen LogP contribution in [0.1, 0.15) is 31.7 Å². The highest BCUT2D eigenvalue weighted by atomic mass is 32.2. The van der Waals surface area contributed by atoms with Gasteiger partial charge in [-0.05, 0) is 35.6 Å². The summed E-state index contributed by atoms with van der Waals surface area (Å²) in [5, 5.41) is 0. The fourth-order valence-electron chi connectivity index (χ4n) is 2.23. The first-order valence-electron chi connectivity index (χ1n) is 6.82. The van der Waals surface area contributed by atoms with Crippen LogP contribution in [0.2, 0.25) is 0 Å². The van der Waals surface area contributed by atoms with E-state index in [1.54, 1.807) is 0 Å². The molecule has 101 valence electrons. The number of hydrogen-bond donors (Lipinski definition) is 0. The van der Waals surface area contributed by atoms with Gasteiger partial charge in [0, 0.05) is 12.0 Å². The highest BCUT2D eigenvalue weighted by Crippen LogP contribution is 2.34. The first-order valence-corrected chi connectivity index (χ1v) is 8.05. The maximum atomic E-state index is 6.04. The second-order valence-corrected chi connectivity index (χ2v) is 5.43. The molecular weight excluding hydrogens is 252 g/mol. The van der Waals surface area contributed by atoms with Crippen molar-refractivity contribution in [1.82, 2.24) is 0 Å². The molecule has 0 saturated heterocycles. The predicted molar refractivity (Wildman–Crippen MR) is 83.7 cm³/mol. The molecule has 19 heavy (non-hydrogen) atoms. The standard InChI is InChI=1S/C17H21OS/c1-3-8-15-16(11-7-12-17(15)19-2)18-13-14-9-5-4-6-10-14/h4-6,9-12H,3,7-8,13H2,1-2H3. The zero-order valence-electron chi connectivity index (χ0n) is 11.7. The minimum atomic E-state index is 0.654. The Morgan fingerprint density at radius 2 is 2.00 bits per heavy atom. The molecule has 0 unspecified atom stereocenters. The maximum Gasteiger partial charge on any atom is 0.119 e. The number of hydrogen-bond acceptors (Lipinski definition) is 2. The van der Waals surface area contributed by atoms with E-state index in [9.17, 15) is 0 Å². The second kappa shape index (κ2) is 7.44. The Morgan fingerprint density at radius 3 is 2.68 bits per heavy atom. The van der Waals surface area contributed by atoms with E-state index in [4.69, 9.17) is 4.74 Å². The lowest BCUT2D eigenvalue weighted by Gasteiger charge is -2.21. The lowest BCUT2D eigenvalue weighted by Crippen LogP contribution is -2.04. The van der Waals surface area contributed by atoms with Crippen LogP contribution >= 0.6 is 11.8 Å². The number of ether oxygens (including phenoxy) is 1. The van der Waals surface area contributed by atoms with E-state index in [-0.39, 0.29) is 0 Å². The van der Waals surface area contributed by atoms with E-state index in [1.165, 1.54) is 16.0 Å². The Bertz CT molecular complexity index is 459. The maximum absolute atomic E-state index is 6.04. The van der Waals surface area contributed by atoms with Crippen molar-refractivity contribution in [1.29, 1.82) is 0 Å². The third-order valence-corrected chi connectivity index (χ3v) is 4.01. The number of rotatable bonds is 6. The normalized spacial score (nSPS) is 15.4. The molecule has 1 aromatic carbocycles. The molecule has 0 amide bonds. The Hall–Kier alpha value is -1.15. The van der Waals surface area contributed by atoms with Crippen LogP contribution in [-0.2, 0) is 11.3 Å². The summed E-state index contributed by atoms with van der Waals surface area (Å²) in [5.41, 5.74) is 2.59. The monoisotopic (exact) mass is 273 g/mol. The van der Waals surface area contributed by atoms with Crippen LogP contribution in [0.15, 0.2) is 52.6 Å². The summed E-state index contributed by atoms with van der Waals surface area (Å²) in [6, 6.07) is 10.4. The molecule has 0 heterocycles. The second-order valence-electron chi connectivity index (χ2n) is 4.58. The van der Waals surface area contributed by atoms with Crippen molar-refractivity contribution in [3.05, 3.63) is 64.6 Å². The van der Waals surface area contributed by atoms with E-state index < -0.39 is 0 Å². The molecule has 0 N–H and O–H groups in total. The molecule has 1 aliphatic carbocycles. The molecular formula is C17H21OS. The lowest BCUT2D eigenvalue weighted by atomic mass is 10.0. The number of thioether (sulfide) groups is 1. The third kappa shape index (κ3) is 3.90. The molecule has 1 aliphatic rings. The molecule has 0 aromatic heterocycles. The van der Waals surface area contributed by atoms with Gasteiger partial charge in [-0.1, -0.05) is 43.7 Å². The zero-order chi connectivity index (χ0) is 13.5. The summed E-state index contributed by atoms with van der Waals surface area (Å²) in [4.78, 5) is 1.38. The van der Waals surface area contributed by atoms with E-state index in [0.29, 0.717) is 6.61 Å². The van der Waals surface area contributed by atoms with E-state index in [2.05, 4.69) is 49.9 Å². The van der Waals surface area contributed by atoms with Gasteiger partial charge in [0.05, 0.1) is 0 Å². The largest absolute Gasteiger partial charge is 0.489 e. The first kappa shape index (κ1) is 14.3. The van der Waals surface area contributed by atoms with Gasteiger partial charge >= 0.3 is 0 Å². The van der Waals surface area contributed by atoms with Gasteiger partial charge in [0.25, 0.3) is 0 Å². The Morgan fingerprint density at radius 1 is 1.21 bits per heavy atom. The quantitative estimate of drug-likeness (QED) is 0.712. The lowest BCUT2D eigenvalue weighted by molar-refractivity contribution is 0.203. The molecule has 1 aromatic rings. The van der Waals surface area contributed by atoms with Crippen LogP contribution in [0.25, 0.3) is 0 Å². The highest BCUT2D eigenvalue weighted by molar-refractivity contribution is 8.02. The smallest absolute Gasteiger partial charge is 0.119 e. The molecule has 1 radical (unpaired) electrons. The minimum absolute atomic E-state index is 0.654. The van der Waals surface area contributed by atoms with Crippen LogP contribution in [-0.4, -0.2) is 6.26 Å². The van der Waals surface area contributed by atoms with Crippen molar-refractivity contribution in [3.63, 3.8) is 0 Å². The van der Waals surface area contributed by atoms with Gasteiger partial charge in [-0.2, -0.15) is 0 Å². The van der Waals surface area contributed by atoms with Gasteiger partial charge in [-0.15, -0.1) is 11.8 Å². The molecule has 1 nitrogen and oxygen atoms in total. The van der Waals surface area contributed by atoms with Crippen molar-refractivity contribution in [2.24, 2.45) is 0 Å². The minimum Gasteiger partial charge on any atom is -0.489 e. The Balaban J connectivity index is 2.06. The fourth-order valence-corrected chi connectivity index (χ4v) is 2.94. The molecule has 0 saturated carbocycles. The van der Waals surface area contributed by atoms with Crippen molar-refractivity contribution in [2.75, 3.05) is 6.26 Å². The van der Waals surface area contributed by atoms with Gasteiger partial charge in [0.2, 0.25) is 0 Å². The van der Waals surface area contributed by atoms with Crippen LogP contribution < -0.4 is 0 Å². The summed E-state index contributed by atoms with van der Waals surface area (Å²) in [5.74, 6) is 1.08. The average molecular weight is 273 g/mol. The molecule has 0 fully saturated rings. The Kier molecular flexibility index (Phi) is 5.59. The summed E-state index contributed by atoms with van der Waals surface area (Å²) < 4.78 is 6.04. The summed E-state index contributed by atoms with van der Waals surface area (Å²) in [6.45, 7) is 2.87. The topological polar surface area (TPSA) is 9.23 Å². The van der Waals surface area contributed by atoms with Gasteiger partial charge < -0.3 is 4.74 Å². The fraction of sp³-hybridized carbons (Fsp3) is 0.353. The van der Waals surface area contributed by atoms with Crippen molar-refractivity contribution >= 4 is 11.8 Å². The number of allylic oxidation sites excluding steroid dienone is 3. The highest BCUT2D eigenvalue weighted by Gasteiger charge is 2.16.